The molecule has 2 unspecified atom stereocenters. The number of piperidine rings is 1. The van der Waals surface area contributed by atoms with Crippen molar-refractivity contribution < 1.29 is 10.2 Å². The minimum atomic E-state index is -0.476. The van der Waals surface area contributed by atoms with E-state index in [0.717, 1.165) is 70.0 Å². The van der Waals surface area contributed by atoms with Gasteiger partial charge in [-0.05, 0) is 56.5 Å². The minimum absolute atomic E-state index is 0.476. The number of likely N-dealkylation sites (tertiary alicyclic amines) is 1. The van der Waals surface area contributed by atoms with E-state index in [9.17, 15) is 10.2 Å². The zero-order valence-corrected chi connectivity index (χ0v) is 14.9. The van der Waals surface area contributed by atoms with Gasteiger partial charge in [0.2, 0.25) is 0 Å². The number of aliphatic hydroxyl groups excluding tert-OH is 2. The molecule has 3 rings (SSSR count). The molecule has 2 aliphatic rings. The first-order valence-corrected chi connectivity index (χ1v) is 9.36. The van der Waals surface area contributed by atoms with Crippen LogP contribution < -0.4 is 4.90 Å². The first-order valence-electron chi connectivity index (χ1n) is 8.98. The van der Waals surface area contributed by atoms with Crippen molar-refractivity contribution in [1.29, 1.82) is 0 Å². The molecule has 1 aromatic rings. The Kier molecular flexibility index (Phi) is 6.36. The van der Waals surface area contributed by atoms with Gasteiger partial charge in [-0.2, -0.15) is 0 Å². The van der Waals surface area contributed by atoms with Gasteiger partial charge in [-0.15, -0.1) is 0 Å². The van der Waals surface area contributed by atoms with E-state index in [2.05, 4.69) is 21.9 Å². The van der Waals surface area contributed by atoms with Gasteiger partial charge in [0, 0.05) is 43.4 Å². The second kappa shape index (κ2) is 8.50. The van der Waals surface area contributed by atoms with Crippen molar-refractivity contribution in [2.75, 3.05) is 44.2 Å². The van der Waals surface area contributed by atoms with Crippen molar-refractivity contribution in [3.8, 4) is 0 Å². The van der Waals surface area contributed by atoms with Crippen LogP contribution in [0.1, 0.15) is 25.7 Å². The SMILES string of the molecule is OC1CCCC(O)N1CCCN1CCN(c2ccc(Cl)cc2)CC1. The lowest BCUT2D eigenvalue weighted by Gasteiger charge is -2.38. The zero-order chi connectivity index (χ0) is 16.9. The number of anilines is 1. The molecule has 0 saturated carbocycles. The number of aliphatic hydroxyl groups is 2. The van der Waals surface area contributed by atoms with Gasteiger partial charge in [-0.3, -0.25) is 9.80 Å². The van der Waals surface area contributed by atoms with Gasteiger partial charge in [0.25, 0.3) is 0 Å². The summed E-state index contributed by atoms with van der Waals surface area (Å²) in [5.74, 6) is 0. The van der Waals surface area contributed by atoms with Crippen LogP contribution in [0.25, 0.3) is 0 Å². The van der Waals surface area contributed by atoms with Crippen LogP contribution in [0.3, 0.4) is 0 Å². The Hall–Kier alpha value is -0.850. The summed E-state index contributed by atoms with van der Waals surface area (Å²) in [6.45, 7) is 5.93. The maximum Gasteiger partial charge on any atom is 0.109 e. The zero-order valence-electron chi connectivity index (χ0n) is 14.1. The smallest absolute Gasteiger partial charge is 0.109 e. The van der Waals surface area contributed by atoms with Crippen molar-refractivity contribution in [2.45, 2.75) is 38.1 Å². The second-order valence-electron chi connectivity index (χ2n) is 6.79. The molecule has 2 atom stereocenters. The highest BCUT2D eigenvalue weighted by atomic mass is 35.5. The van der Waals surface area contributed by atoms with Crippen LogP contribution >= 0.6 is 11.6 Å². The summed E-state index contributed by atoms with van der Waals surface area (Å²) in [5.41, 5.74) is 1.23. The van der Waals surface area contributed by atoms with Crippen molar-refractivity contribution in [3.05, 3.63) is 29.3 Å². The standard InChI is InChI=1S/C18H28ClN3O2/c19-15-5-7-16(8-6-15)21-13-11-20(12-14-21)9-2-10-22-17(23)3-1-4-18(22)24/h5-8,17-18,23-24H,1-4,9-14H2. The van der Waals surface area contributed by atoms with Crippen LogP contribution in [-0.4, -0.2) is 71.7 Å². The Morgan fingerprint density at radius 1 is 0.917 bits per heavy atom. The monoisotopic (exact) mass is 353 g/mol. The maximum absolute atomic E-state index is 9.99. The van der Waals surface area contributed by atoms with E-state index < -0.39 is 12.5 Å². The molecule has 2 N–H and O–H groups in total. The average molecular weight is 354 g/mol. The molecular formula is C18H28ClN3O2. The minimum Gasteiger partial charge on any atom is -0.378 e. The van der Waals surface area contributed by atoms with Gasteiger partial charge in [0.05, 0.1) is 0 Å². The van der Waals surface area contributed by atoms with E-state index in [-0.39, 0.29) is 0 Å². The number of hydrogen-bond donors (Lipinski definition) is 2. The lowest BCUT2D eigenvalue weighted by Crippen LogP contribution is -2.49. The summed E-state index contributed by atoms with van der Waals surface area (Å²) >= 11 is 5.95. The molecular weight excluding hydrogens is 326 g/mol. The van der Waals surface area contributed by atoms with Gasteiger partial charge in [-0.25, -0.2) is 0 Å². The molecule has 0 spiro atoms. The second-order valence-corrected chi connectivity index (χ2v) is 7.23. The summed E-state index contributed by atoms with van der Waals surface area (Å²) < 4.78 is 0. The van der Waals surface area contributed by atoms with Gasteiger partial charge >= 0.3 is 0 Å². The molecule has 0 aliphatic carbocycles. The molecule has 0 bridgehead atoms. The topological polar surface area (TPSA) is 50.2 Å². The third-order valence-electron chi connectivity index (χ3n) is 5.15. The molecule has 0 amide bonds. The molecule has 2 aliphatic heterocycles. The third kappa shape index (κ3) is 4.61. The number of hydrogen-bond acceptors (Lipinski definition) is 5. The number of benzene rings is 1. The van der Waals surface area contributed by atoms with Crippen molar-refractivity contribution in [1.82, 2.24) is 9.80 Å². The normalized spacial score (nSPS) is 26.7. The molecule has 24 heavy (non-hydrogen) atoms. The predicted molar refractivity (Wildman–Crippen MR) is 97.3 cm³/mol. The van der Waals surface area contributed by atoms with E-state index >= 15 is 0 Å². The third-order valence-corrected chi connectivity index (χ3v) is 5.40. The molecule has 6 heteroatoms. The maximum atomic E-state index is 9.99. The first kappa shape index (κ1) is 18.0. The highest BCUT2D eigenvalue weighted by molar-refractivity contribution is 6.30. The fourth-order valence-electron chi connectivity index (χ4n) is 3.67. The fourth-order valence-corrected chi connectivity index (χ4v) is 3.80. The largest absolute Gasteiger partial charge is 0.378 e. The number of halogens is 1. The highest BCUT2D eigenvalue weighted by Gasteiger charge is 2.27. The van der Waals surface area contributed by atoms with Gasteiger partial charge in [0.15, 0.2) is 0 Å². The summed E-state index contributed by atoms with van der Waals surface area (Å²) in [6, 6.07) is 8.05. The van der Waals surface area contributed by atoms with Crippen molar-refractivity contribution in [3.63, 3.8) is 0 Å². The molecule has 1 aromatic carbocycles. The van der Waals surface area contributed by atoms with E-state index in [1.54, 1.807) is 0 Å². The van der Waals surface area contributed by atoms with Crippen LogP contribution in [0.5, 0.6) is 0 Å². The Labute approximate surface area is 149 Å². The predicted octanol–water partition coefficient (Wildman–Crippen LogP) is 1.97. The average Bonchev–Trinajstić information content (AvgIpc) is 2.59. The fraction of sp³-hybridized carbons (Fsp3) is 0.667. The molecule has 134 valence electrons. The van der Waals surface area contributed by atoms with E-state index in [0.29, 0.717) is 0 Å². The summed E-state index contributed by atoms with van der Waals surface area (Å²) in [5, 5.41) is 20.8. The van der Waals surface area contributed by atoms with Crippen LogP contribution in [0, 0.1) is 0 Å². The number of rotatable bonds is 5. The first-order chi connectivity index (χ1) is 11.6. The van der Waals surface area contributed by atoms with Gasteiger partial charge < -0.3 is 15.1 Å². The molecule has 2 heterocycles. The lowest BCUT2D eigenvalue weighted by atomic mass is 10.1. The molecule has 0 aromatic heterocycles. The molecule has 2 saturated heterocycles. The van der Waals surface area contributed by atoms with Crippen LogP contribution in [0.2, 0.25) is 5.02 Å². The number of piperazine rings is 1. The molecule has 2 fully saturated rings. The Bertz CT molecular complexity index is 495. The Balaban J connectivity index is 1.38. The Morgan fingerprint density at radius 2 is 1.54 bits per heavy atom. The number of nitrogens with zero attached hydrogens (tertiary/aromatic N) is 3. The van der Waals surface area contributed by atoms with Crippen molar-refractivity contribution in [2.24, 2.45) is 0 Å². The van der Waals surface area contributed by atoms with E-state index in [4.69, 9.17) is 11.6 Å². The quantitative estimate of drug-likeness (QED) is 0.847. The van der Waals surface area contributed by atoms with Crippen LogP contribution in [0.15, 0.2) is 24.3 Å². The lowest BCUT2D eigenvalue weighted by molar-refractivity contribution is -0.131. The van der Waals surface area contributed by atoms with E-state index in [1.165, 1.54) is 5.69 Å². The highest BCUT2D eigenvalue weighted by Crippen LogP contribution is 2.21. The summed E-state index contributed by atoms with van der Waals surface area (Å²) in [4.78, 5) is 6.70. The molecule has 5 nitrogen and oxygen atoms in total. The van der Waals surface area contributed by atoms with Crippen LogP contribution in [0.4, 0.5) is 5.69 Å². The van der Waals surface area contributed by atoms with Gasteiger partial charge in [0.1, 0.15) is 12.5 Å². The summed E-state index contributed by atoms with van der Waals surface area (Å²) in [7, 11) is 0. The van der Waals surface area contributed by atoms with Crippen LogP contribution in [-0.2, 0) is 0 Å². The van der Waals surface area contributed by atoms with Crippen molar-refractivity contribution >= 4 is 17.3 Å². The van der Waals surface area contributed by atoms with Gasteiger partial charge in [-0.1, -0.05) is 11.6 Å². The summed E-state index contributed by atoms with van der Waals surface area (Å²) in [6.07, 6.45) is 2.49. The Morgan fingerprint density at radius 3 is 2.17 bits per heavy atom. The van der Waals surface area contributed by atoms with E-state index in [1.807, 2.05) is 17.0 Å². The molecule has 0 radical (unpaired) electrons.